The van der Waals surface area contributed by atoms with Crippen molar-refractivity contribution in [2.75, 3.05) is 29.1 Å². The Kier molecular flexibility index (Phi) is 4.40. The highest BCUT2D eigenvalue weighted by Gasteiger charge is 2.52. The van der Waals surface area contributed by atoms with E-state index in [2.05, 4.69) is 29.3 Å². The highest BCUT2D eigenvalue weighted by molar-refractivity contribution is 8.01. The summed E-state index contributed by atoms with van der Waals surface area (Å²) in [6.07, 6.45) is 5.21. The second-order valence-electron chi connectivity index (χ2n) is 7.35. The van der Waals surface area contributed by atoms with Gasteiger partial charge in [-0.2, -0.15) is 0 Å². The highest BCUT2D eigenvalue weighted by atomic mass is 32.2. The maximum Gasteiger partial charge on any atom is 0.248 e. The second-order valence-corrected chi connectivity index (χ2v) is 8.85. The van der Waals surface area contributed by atoms with Crippen LogP contribution in [0.25, 0.3) is 0 Å². The molecule has 6 heteroatoms. The summed E-state index contributed by atoms with van der Waals surface area (Å²) in [6.45, 7) is 4.30. The Hall–Kier alpha value is -1.69. The number of anilines is 2. The molecule has 134 valence electrons. The number of nitrogens with zero attached hydrogens (tertiary/aromatic N) is 2. The minimum absolute atomic E-state index is 0.0720. The number of fused-ring (bicyclic) bond motifs is 1. The Morgan fingerprint density at radius 1 is 1.20 bits per heavy atom. The topological polar surface area (TPSA) is 52.7 Å². The van der Waals surface area contributed by atoms with Gasteiger partial charge < -0.3 is 15.1 Å². The van der Waals surface area contributed by atoms with Gasteiger partial charge in [-0.15, -0.1) is 11.8 Å². The van der Waals surface area contributed by atoms with E-state index in [-0.39, 0.29) is 22.7 Å². The number of hydrogen-bond donors (Lipinski definition) is 1. The maximum absolute atomic E-state index is 12.7. The van der Waals surface area contributed by atoms with E-state index in [4.69, 9.17) is 0 Å². The van der Waals surface area contributed by atoms with Gasteiger partial charge in [0.2, 0.25) is 11.8 Å². The normalized spacial score (nSPS) is 29.0. The largest absolute Gasteiger partial charge is 0.372 e. The van der Waals surface area contributed by atoms with Crippen LogP contribution in [0.2, 0.25) is 0 Å². The summed E-state index contributed by atoms with van der Waals surface area (Å²) < 4.78 is 0. The Morgan fingerprint density at radius 2 is 1.92 bits per heavy atom. The molecule has 3 aliphatic rings. The van der Waals surface area contributed by atoms with Gasteiger partial charge in [-0.05, 0) is 56.9 Å². The van der Waals surface area contributed by atoms with Gasteiger partial charge in [0.25, 0.3) is 0 Å². The van der Waals surface area contributed by atoms with Crippen LogP contribution in [0.5, 0.6) is 0 Å². The summed E-state index contributed by atoms with van der Waals surface area (Å²) >= 11 is 1.72. The Balaban J connectivity index is 1.42. The Labute approximate surface area is 153 Å². The molecule has 2 atom stereocenters. The molecule has 3 saturated heterocycles. The van der Waals surface area contributed by atoms with E-state index in [9.17, 15) is 9.59 Å². The van der Waals surface area contributed by atoms with Gasteiger partial charge in [-0.1, -0.05) is 0 Å². The predicted molar refractivity (Wildman–Crippen MR) is 102 cm³/mol. The van der Waals surface area contributed by atoms with Gasteiger partial charge in [0.15, 0.2) is 0 Å². The fourth-order valence-corrected chi connectivity index (χ4v) is 5.58. The van der Waals surface area contributed by atoms with E-state index in [1.165, 1.54) is 24.9 Å². The summed E-state index contributed by atoms with van der Waals surface area (Å²) in [5, 5.41) is 3.00. The van der Waals surface area contributed by atoms with E-state index in [1.54, 1.807) is 16.7 Å². The molecule has 25 heavy (non-hydrogen) atoms. The zero-order chi connectivity index (χ0) is 17.4. The van der Waals surface area contributed by atoms with Crippen LogP contribution in [0.4, 0.5) is 11.4 Å². The molecule has 0 bridgehead atoms. The number of hydrogen-bond acceptors (Lipinski definition) is 4. The Morgan fingerprint density at radius 3 is 2.64 bits per heavy atom. The van der Waals surface area contributed by atoms with Crippen molar-refractivity contribution in [3.05, 3.63) is 24.3 Å². The zero-order valence-electron chi connectivity index (χ0n) is 14.7. The van der Waals surface area contributed by atoms with Gasteiger partial charge in [0.05, 0.1) is 4.87 Å². The van der Waals surface area contributed by atoms with Gasteiger partial charge in [0, 0.05) is 36.6 Å². The van der Waals surface area contributed by atoms with Crippen LogP contribution in [0.1, 0.15) is 39.0 Å². The van der Waals surface area contributed by atoms with Crippen molar-refractivity contribution in [1.82, 2.24) is 4.90 Å². The van der Waals surface area contributed by atoms with Crippen molar-refractivity contribution in [3.63, 3.8) is 0 Å². The lowest BCUT2D eigenvalue weighted by atomic mass is 10.1. The molecule has 3 aliphatic heterocycles. The maximum atomic E-state index is 12.7. The summed E-state index contributed by atoms with van der Waals surface area (Å²) in [5.41, 5.74) is 2.02. The number of rotatable bonds is 3. The third-order valence-corrected chi connectivity index (χ3v) is 7.11. The fraction of sp³-hybridized carbons (Fsp3) is 0.579. The van der Waals surface area contributed by atoms with Crippen molar-refractivity contribution >= 4 is 35.0 Å². The Bertz CT molecular complexity index is 672. The van der Waals surface area contributed by atoms with E-state index in [1.807, 2.05) is 12.1 Å². The van der Waals surface area contributed by atoms with Gasteiger partial charge >= 0.3 is 0 Å². The molecule has 0 radical (unpaired) electrons. The molecule has 0 aliphatic carbocycles. The van der Waals surface area contributed by atoms with Crippen molar-refractivity contribution in [3.8, 4) is 0 Å². The monoisotopic (exact) mass is 359 g/mol. The number of amides is 2. The highest BCUT2D eigenvalue weighted by Crippen LogP contribution is 2.47. The average Bonchev–Trinajstić information content (AvgIpc) is 3.13. The molecular formula is C19H25N3O2S. The van der Waals surface area contributed by atoms with E-state index < -0.39 is 0 Å². The van der Waals surface area contributed by atoms with E-state index in [0.717, 1.165) is 25.2 Å². The SMILES string of the molecule is C[C@@]12CCC(=O)N1[C@H](C(=O)Nc1ccc(N3CCCCC3)cc1)CS2. The minimum Gasteiger partial charge on any atom is -0.372 e. The molecule has 1 aromatic carbocycles. The smallest absolute Gasteiger partial charge is 0.248 e. The fourth-order valence-electron chi connectivity index (χ4n) is 4.15. The van der Waals surface area contributed by atoms with Crippen LogP contribution in [-0.2, 0) is 9.59 Å². The lowest BCUT2D eigenvalue weighted by Crippen LogP contribution is -2.48. The quantitative estimate of drug-likeness (QED) is 0.901. The first-order valence-corrected chi connectivity index (χ1v) is 10.2. The van der Waals surface area contributed by atoms with Crippen LogP contribution >= 0.6 is 11.8 Å². The molecule has 1 N–H and O–H groups in total. The second kappa shape index (κ2) is 6.56. The van der Waals surface area contributed by atoms with Crippen molar-refractivity contribution < 1.29 is 9.59 Å². The van der Waals surface area contributed by atoms with Crippen LogP contribution in [0.15, 0.2) is 24.3 Å². The minimum atomic E-state index is -0.355. The van der Waals surface area contributed by atoms with Gasteiger partial charge in [-0.25, -0.2) is 0 Å². The van der Waals surface area contributed by atoms with Crippen LogP contribution in [0.3, 0.4) is 0 Å². The number of thioether (sulfide) groups is 1. The molecule has 5 nitrogen and oxygen atoms in total. The third kappa shape index (κ3) is 3.12. The van der Waals surface area contributed by atoms with Gasteiger partial charge in [0.1, 0.15) is 6.04 Å². The summed E-state index contributed by atoms with van der Waals surface area (Å²) in [7, 11) is 0. The van der Waals surface area contributed by atoms with Crippen molar-refractivity contribution in [2.45, 2.75) is 49.9 Å². The molecule has 0 unspecified atom stereocenters. The first-order chi connectivity index (χ1) is 12.1. The molecule has 2 amide bonds. The summed E-state index contributed by atoms with van der Waals surface area (Å²) in [4.78, 5) is 28.9. The molecule has 1 aromatic rings. The van der Waals surface area contributed by atoms with Crippen molar-refractivity contribution in [2.24, 2.45) is 0 Å². The number of benzene rings is 1. The number of carbonyl (C=O) groups excluding carboxylic acids is 2. The molecular weight excluding hydrogens is 334 g/mol. The summed E-state index contributed by atoms with van der Waals surface area (Å²) in [5.74, 6) is 0.713. The standard InChI is InChI=1S/C19H25N3O2S/c1-19-10-9-17(23)22(19)16(13-25-19)18(24)20-14-5-7-15(8-6-14)21-11-3-2-4-12-21/h5-8,16H,2-4,9-13H2,1H3,(H,20,24)/t16-,19+/m0/s1. The third-order valence-electron chi connectivity index (χ3n) is 5.60. The average molecular weight is 359 g/mol. The van der Waals surface area contributed by atoms with Crippen LogP contribution < -0.4 is 10.2 Å². The molecule has 3 heterocycles. The molecule has 4 rings (SSSR count). The van der Waals surface area contributed by atoms with Crippen molar-refractivity contribution in [1.29, 1.82) is 0 Å². The lowest BCUT2D eigenvalue weighted by molar-refractivity contribution is -0.135. The number of nitrogens with one attached hydrogen (secondary N) is 1. The molecule has 0 spiro atoms. The van der Waals surface area contributed by atoms with E-state index in [0.29, 0.717) is 12.2 Å². The zero-order valence-corrected chi connectivity index (χ0v) is 15.5. The molecule has 3 fully saturated rings. The lowest BCUT2D eigenvalue weighted by Gasteiger charge is -2.30. The van der Waals surface area contributed by atoms with Crippen LogP contribution in [-0.4, -0.2) is 46.5 Å². The molecule has 0 aromatic heterocycles. The number of carbonyl (C=O) groups is 2. The van der Waals surface area contributed by atoms with Crippen LogP contribution in [0, 0.1) is 0 Å². The first-order valence-electron chi connectivity index (χ1n) is 9.19. The molecule has 0 saturated carbocycles. The van der Waals surface area contributed by atoms with Gasteiger partial charge in [-0.3, -0.25) is 9.59 Å². The van der Waals surface area contributed by atoms with E-state index >= 15 is 0 Å². The summed E-state index contributed by atoms with van der Waals surface area (Å²) in [6, 6.07) is 7.74. The first kappa shape index (κ1) is 16.8. The number of piperidine rings is 1. The predicted octanol–water partition coefficient (Wildman–Crippen LogP) is 3.07.